The Morgan fingerprint density at radius 3 is 2.64 bits per heavy atom. The standard InChI is InChI=1S/C11H13NO2/c1-8(7-9(2)13)12-10-3-5-11(14)6-4-10/h3-5H,6-7H2,1-2H3. The summed E-state index contributed by atoms with van der Waals surface area (Å²) in [4.78, 5) is 25.8. The first-order valence-corrected chi connectivity index (χ1v) is 4.52. The predicted octanol–water partition coefficient (Wildman–Crippen LogP) is 1.84. The Hall–Kier alpha value is -1.51. The molecule has 0 atom stereocenters. The van der Waals surface area contributed by atoms with Gasteiger partial charge in [-0.3, -0.25) is 14.6 Å². The van der Waals surface area contributed by atoms with E-state index in [0.29, 0.717) is 12.8 Å². The van der Waals surface area contributed by atoms with Crippen LogP contribution in [0.5, 0.6) is 0 Å². The van der Waals surface area contributed by atoms with Gasteiger partial charge in [0.15, 0.2) is 5.78 Å². The van der Waals surface area contributed by atoms with Gasteiger partial charge in [0, 0.05) is 18.6 Å². The van der Waals surface area contributed by atoms with Crippen LogP contribution in [-0.4, -0.2) is 17.3 Å². The molecule has 0 aromatic carbocycles. The van der Waals surface area contributed by atoms with E-state index in [2.05, 4.69) is 4.99 Å². The van der Waals surface area contributed by atoms with Crippen molar-refractivity contribution >= 4 is 17.3 Å². The second-order valence-electron chi connectivity index (χ2n) is 3.36. The zero-order valence-electron chi connectivity index (χ0n) is 8.41. The summed E-state index contributed by atoms with van der Waals surface area (Å²) in [6.07, 6.45) is 5.74. The molecule has 1 rings (SSSR count). The second-order valence-corrected chi connectivity index (χ2v) is 3.36. The number of hydrogen-bond donors (Lipinski definition) is 0. The minimum Gasteiger partial charge on any atom is -0.300 e. The van der Waals surface area contributed by atoms with E-state index in [-0.39, 0.29) is 11.6 Å². The highest BCUT2D eigenvalue weighted by molar-refractivity contribution is 6.00. The summed E-state index contributed by atoms with van der Waals surface area (Å²) in [6, 6.07) is 0. The first-order chi connectivity index (χ1) is 6.58. The number of carbonyl (C=O) groups excluding carboxylic acids is 2. The Kier molecular flexibility index (Phi) is 3.51. The Labute approximate surface area is 83.2 Å². The fraction of sp³-hybridized carbons (Fsp3) is 0.364. The Bertz CT molecular complexity index is 348. The number of Topliss-reactive ketones (excluding diaryl/α,β-unsaturated/α-hetero) is 1. The lowest BCUT2D eigenvalue weighted by atomic mass is 10.1. The number of hydrogen-bond acceptors (Lipinski definition) is 3. The van der Waals surface area contributed by atoms with E-state index in [1.54, 1.807) is 12.2 Å². The molecule has 3 nitrogen and oxygen atoms in total. The summed E-state index contributed by atoms with van der Waals surface area (Å²) in [5.41, 5.74) is 1.55. The molecule has 0 aromatic rings. The van der Waals surface area contributed by atoms with Crippen molar-refractivity contribution in [1.82, 2.24) is 0 Å². The molecule has 0 radical (unpaired) electrons. The summed E-state index contributed by atoms with van der Waals surface area (Å²) in [7, 11) is 0. The molecule has 0 spiro atoms. The van der Waals surface area contributed by atoms with E-state index in [1.807, 2.05) is 6.92 Å². The zero-order chi connectivity index (χ0) is 10.6. The monoisotopic (exact) mass is 191 g/mol. The Morgan fingerprint density at radius 2 is 2.14 bits per heavy atom. The highest BCUT2D eigenvalue weighted by atomic mass is 16.1. The van der Waals surface area contributed by atoms with Crippen molar-refractivity contribution in [1.29, 1.82) is 0 Å². The fourth-order valence-corrected chi connectivity index (χ4v) is 1.22. The van der Waals surface area contributed by atoms with E-state index < -0.39 is 0 Å². The molecule has 1 aliphatic rings. The minimum absolute atomic E-state index is 0.0909. The number of nitrogens with zero attached hydrogens (tertiary/aromatic N) is 1. The smallest absolute Gasteiger partial charge is 0.159 e. The minimum atomic E-state index is 0.0909. The van der Waals surface area contributed by atoms with Gasteiger partial charge in [0.2, 0.25) is 0 Å². The average molecular weight is 191 g/mol. The van der Waals surface area contributed by atoms with E-state index in [9.17, 15) is 9.59 Å². The summed E-state index contributed by atoms with van der Waals surface area (Å²) in [6.45, 7) is 3.35. The molecule has 0 bridgehead atoms. The van der Waals surface area contributed by atoms with E-state index in [4.69, 9.17) is 0 Å². The van der Waals surface area contributed by atoms with Gasteiger partial charge in [-0.05, 0) is 26.0 Å². The number of allylic oxidation sites excluding steroid dienone is 3. The van der Waals surface area contributed by atoms with Crippen molar-refractivity contribution in [2.45, 2.75) is 26.7 Å². The zero-order valence-corrected chi connectivity index (χ0v) is 8.41. The Balaban J connectivity index is 2.64. The first kappa shape index (κ1) is 10.6. The molecule has 0 N–H and O–H groups in total. The van der Waals surface area contributed by atoms with Crippen LogP contribution in [0.4, 0.5) is 0 Å². The van der Waals surface area contributed by atoms with Gasteiger partial charge < -0.3 is 0 Å². The van der Waals surface area contributed by atoms with Gasteiger partial charge >= 0.3 is 0 Å². The van der Waals surface area contributed by atoms with Gasteiger partial charge in [0.05, 0.1) is 5.70 Å². The summed E-state index contributed by atoms with van der Waals surface area (Å²) in [5.74, 6) is 0.191. The molecule has 1 aliphatic carbocycles. The number of carbonyl (C=O) groups is 2. The quantitative estimate of drug-likeness (QED) is 0.639. The lowest BCUT2D eigenvalue weighted by molar-refractivity contribution is -0.116. The number of rotatable bonds is 3. The SMILES string of the molecule is CC(=O)CC(C)=NC1=CCC(=O)C=C1. The van der Waals surface area contributed by atoms with Crippen LogP contribution < -0.4 is 0 Å². The van der Waals surface area contributed by atoms with Crippen LogP contribution in [0.1, 0.15) is 26.7 Å². The molecule has 0 unspecified atom stereocenters. The van der Waals surface area contributed by atoms with Crippen LogP contribution in [0.15, 0.2) is 28.9 Å². The molecule has 0 aromatic heterocycles. The van der Waals surface area contributed by atoms with Crippen molar-refractivity contribution in [3.05, 3.63) is 23.9 Å². The molecular weight excluding hydrogens is 178 g/mol. The van der Waals surface area contributed by atoms with Crippen molar-refractivity contribution in [3.63, 3.8) is 0 Å². The third kappa shape index (κ3) is 3.47. The van der Waals surface area contributed by atoms with Gasteiger partial charge in [-0.25, -0.2) is 0 Å². The molecule has 0 aliphatic heterocycles. The topological polar surface area (TPSA) is 46.5 Å². The van der Waals surface area contributed by atoms with Gasteiger partial charge in [-0.1, -0.05) is 6.08 Å². The molecule has 0 saturated heterocycles. The van der Waals surface area contributed by atoms with Gasteiger partial charge in [0.25, 0.3) is 0 Å². The fourth-order valence-electron chi connectivity index (χ4n) is 1.22. The van der Waals surface area contributed by atoms with Crippen LogP contribution in [0.25, 0.3) is 0 Å². The highest BCUT2D eigenvalue weighted by Gasteiger charge is 2.03. The normalized spacial score (nSPS) is 16.9. The van der Waals surface area contributed by atoms with Crippen molar-refractivity contribution in [2.75, 3.05) is 0 Å². The van der Waals surface area contributed by atoms with E-state index in [0.717, 1.165) is 11.4 Å². The summed E-state index contributed by atoms with van der Waals surface area (Å²) in [5, 5.41) is 0. The molecule has 0 saturated carbocycles. The third-order valence-electron chi connectivity index (χ3n) is 1.78. The van der Waals surface area contributed by atoms with Crippen molar-refractivity contribution < 1.29 is 9.59 Å². The molecule has 0 amide bonds. The maximum Gasteiger partial charge on any atom is 0.159 e. The molecule has 74 valence electrons. The van der Waals surface area contributed by atoms with Crippen molar-refractivity contribution in [3.8, 4) is 0 Å². The van der Waals surface area contributed by atoms with Gasteiger partial charge in [-0.15, -0.1) is 0 Å². The number of aliphatic imine (C=N–C) groups is 1. The summed E-state index contributed by atoms with van der Waals surface area (Å²) >= 11 is 0. The third-order valence-corrected chi connectivity index (χ3v) is 1.78. The Morgan fingerprint density at radius 1 is 1.43 bits per heavy atom. The highest BCUT2D eigenvalue weighted by Crippen LogP contribution is 2.09. The van der Waals surface area contributed by atoms with Crippen molar-refractivity contribution in [2.24, 2.45) is 4.99 Å². The second kappa shape index (κ2) is 4.65. The lowest BCUT2D eigenvalue weighted by Gasteiger charge is -2.02. The molecule has 3 heteroatoms. The van der Waals surface area contributed by atoms with E-state index >= 15 is 0 Å². The van der Waals surface area contributed by atoms with Crippen LogP contribution in [0.2, 0.25) is 0 Å². The molecule has 14 heavy (non-hydrogen) atoms. The molecule has 0 fully saturated rings. The molecular formula is C11H13NO2. The average Bonchev–Trinajstić information content (AvgIpc) is 2.07. The van der Waals surface area contributed by atoms with Crippen LogP contribution >= 0.6 is 0 Å². The van der Waals surface area contributed by atoms with Gasteiger partial charge in [0.1, 0.15) is 5.78 Å². The maximum atomic E-state index is 10.8. The van der Waals surface area contributed by atoms with Crippen LogP contribution in [-0.2, 0) is 9.59 Å². The number of ketones is 2. The van der Waals surface area contributed by atoms with Gasteiger partial charge in [-0.2, -0.15) is 0 Å². The van der Waals surface area contributed by atoms with E-state index in [1.165, 1.54) is 13.0 Å². The van der Waals surface area contributed by atoms with Crippen LogP contribution in [0.3, 0.4) is 0 Å². The largest absolute Gasteiger partial charge is 0.300 e. The lowest BCUT2D eigenvalue weighted by Crippen LogP contribution is -2.01. The first-order valence-electron chi connectivity index (χ1n) is 4.52. The molecule has 0 heterocycles. The van der Waals surface area contributed by atoms with Crippen LogP contribution in [0, 0.1) is 0 Å². The predicted molar refractivity (Wildman–Crippen MR) is 55.3 cm³/mol. The maximum absolute atomic E-state index is 10.8. The summed E-state index contributed by atoms with van der Waals surface area (Å²) < 4.78 is 0.